The summed E-state index contributed by atoms with van der Waals surface area (Å²) in [6, 6.07) is 0. The first-order chi connectivity index (χ1) is 7.24. The number of nitrogens with zero attached hydrogens (tertiary/aromatic N) is 3. The van der Waals surface area contributed by atoms with Gasteiger partial charge in [0.2, 0.25) is 0 Å². The van der Waals surface area contributed by atoms with Crippen molar-refractivity contribution in [2.45, 2.75) is 26.2 Å². The van der Waals surface area contributed by atoms with Gasteiger partial charge in [-0.2, -0.15) is 0 Å². The van der Waals surface area contributed by atoms with Gasteiger partial charge in [-0.15, -0.1) is 0 Å². The van der Waals surface area contributed by atoms with Gasteiger partial charge in [-0.1, -0.05) is 0 Å². The van der Waals surface area contributed by atoms with Crippen molar-refractivity contribution in [3.05, 3.63) is 23.3 Å². The molecule has 0 N–H and O–H groups in total. The minimum Gasteiger partial charge on any atom is -0.302 e. The van der Waals surface area contributed by atoms with E-state index in [1.54, 1.807) is 0 Å². The minimum absolute atomic E-state index is 0.644. The average Bonchev–Trinajstić information content (AvgIpc) is 2.83. The zero-order valence-corrected chi connectivity index (χ0v) is 9.40. The van der Waals surface area contributed by atoms with Gasteiger partial charge < -0.3 is 4.90 Å². The van der Waals surface area contributed by atoms with Gasteiger partial charge in [0.15, 0.2) is 0 Å². The van der Waals surface area contributed by atoms with Gasteiger partial charge >= 0.3 is 0 Å². The number of fused-ring (bicyclic) bond motifs is 2. The number of hydrogen-bond acceptors (Lipinski definition) is 3. The summed E-state index contributed by atoms with van der Waals surface area (Å²) in [5.74, 6) is 1.48. The van der Waals surface area contributed by atoms with Crippen LogP contribution >= 0.6 is 0 Å². The van der Waals surface area contributed by atoms with Gasteiger partial charge in [0.1, 0.15) is 0 Å². The summed E-state index contributed by atoms with van der Waals surface area (Å²) in [6.07, 6.45) is 3.33. The Morgan fingerprint density at radius 3 is 2.73 bits per heavy atom. The van der Waals surface area contributed by atoms with Crippen LogP contribution in [0.4, 0.5) is 0 Å². The maximum absolute atomic E-state index is 4.68. The largest absolute Gasteiger partial charge is 0.302 e. The average molecular weight is 203 g/mol. The molecule has 80 valence electrons. The predicted octanol–water partition coefficient (Wildman–Crippen LogP) is 1.51. The summed E-state index contributed by atoms with van der Waals surface area (Å²) in [5.41, 5.74) is 3.36. The van der Waals surface area contributed by atoms with E-state index < -0.39 is 0 Å². The third-order valence-electron chi connectivity index (χ3n) is 3.92. The first-order valence-corrected chi connectivity index (χ1v) is 5.76. The number of hydrogen-bond donors (Lipinski definition) is 0. The normalized spacial score (nSPS) is 33.6. The van der Waals surface area contributed by atoms with Crippen molar-refractivity contribution in [2.24, 2.45) is 5.92 Å². The molecule has 2 bridgehead atoms. The van der Waals surface area contributed by atoms with Gasteiger partial charge in [0.25, 0.3) is 0 Å². The molecule has 2 aliphatic heterocycles. The molecule has 15 heavy (non-hydrogen) atoms. The Kier molecular flexibility index (Phi) is 2.02. The lowest BCUT2D eigenvalue weighted by Gasteiger charge is -2.21. The van der Waals surface area contributed by atoms with Crippen molar-refractivity contribution >= 4 is 0 Å². The van der Waals surface area contributed by atoms with Crippen LogP contribution in [-0.4, -0.2) is 34.5 Å². The fourth-order valence-corrected chi connectivity index (χ4v) is 2.86. The van der Waals surface area contributed by atoms with E-state index in [9.17, 15) is 0 Å². The van der Waals surface area contributed by atoms with Gasteiger partial charge in [-0.3, -0.25) is 9.97 Å². The first-order valence-electron chi connectivity index (χ1n) is 5.76. The Balaban J connectivity index is 1.90. The molecule has 0 radical (unpaired) electrons. The molecule has 0 spiro atoms. The molecular weight excluding hydrogens is 186 g/mol. The van der Waals surface area contributed by atoms with Crippen LogP contribution in [0.15, 0.2) is 6.20 Å². The number of rotatable bonds is 1. The lowest BCUT2D eigenvalue weighted by Crippen LogP contribution is -2.23. The highest BCUT2D eigenvalue weighted by Gasteiger charge is 2.39. The summed E-state index contributed by atoms with van der Waals surface area (Å²) in [4.78, 5) is 11.7. The van der Waals surface area contributed by atoms with Crippen molar-refractivity contribution in [3.63, 3.8) is 0 Å². The van der Waals surface area contributed by atoms with Crippen molar-refractivity contribution in [3.8, 4) is 0 Å². The van der Waals surface area contributed by atoms with E-state index in [0.29, 0.717) is 5.92 Å². The van der Waals surface area contributed by atoms with Gasteiger partial charge in [-0.25, -0.2) is 0 Å². The molecule has 1 aromatic rings. The topological polar surface area (TPSA) is 29.0 Å². The molecule has 0 aromatic carbocycles. The third-order valence-corrected chi connectivity index (χ3v) is 3.92. The molecule has 2 fully saturated rings. The van der Waals surface area contributed by atoms with E-state index in [-0.39, 0.29) is 0 Å². The maximum atomic E-state index is 4.68. The molecule has 3 heterocycles. The second kappa shape index (κ2) is 3.27. The quantitative estimate of drug-likeness (QED) is 0.693. The standard InChI is InChI=1S/C12H17N3/c1-8-9(2)14-12(5-13-8)11-7-15-4-3-10(11)6-15/h5,10-11H,3-4,6-7H2,1-2H3/t10?,11-/m1/s1. The molecule has 2 saturated heterocycles. The smallest absolute Gasteiger partial charge is 0.0637 e. The van der Waals surface area contributed by atoms with E-state index in [1.807, 2.05) is 13.1 Å². The molecule has 3 atom stereocenters. The molecule has 1 aromatic heterocycles. The van der Waals surface area contributed by atoms with Crippen LogP contribution in [0.2, 0.25) is 0 Å². The Hall–Kier alpha value is -0.960. The summed E-state index contributed by atoms with van der Waals surface area (Å²) in [6.45, 7) is 7.84. The molecule has 0 saturated carbocycles. The van der Waals surface area contributed by atoms with Crippen LogP contribution in [0.3, 0.4) is 0 Å². The lowest BCUT2D eigenvalue weighted by atomic mass is 9.90. The summed E-state index contributed by atoms with van der Waals surface area (Å²) in [5, 5.41) is 0. The highest BCUT2D eigenvalue weighted by atomic mass is 15.2. The molecule has 2 unspecified atom stereocenters. The Labute approximate surface area is 90.5 Å². The van der Waals surface area contributed by atoms with Gasteiger partial charge in [-0.05, 0) is 32.7 Å². The fraction of sp³-hybridized carbons (Fsp3) is 0.667. The maximum Gasteiger partial charge on any atom is 0.0637 e. The number of aryl methyl sites for hydroxylation is 2. The summed E-state index contributed by atoms with van der Waals surface area (Å²) < 4.78 is 0. The van der Waals surface area contributed by atoms with Crippen LogP contribution in [0.1, 0.15) is 29.4 Å². The second-order valence-corrected chi connectivity index (χ2v) is 4.88. The van der Waals surface area contributed by atoms with Crippen molar-refractivity contribution in [1.29, 1.82) is 0 Å². The molecule has 3 nitrogen and oxygen atoms in total. The zero-order valence-electron chi connectivity index (χ0n) is 9.40. The Bertz CT molecular complexity index is 388. The van der Waals surface area contributed by atoms with E-state index in [4.69, 9.17) is 0 Å². The van der Waals surface area contributed by atoms with Crippen molar-refractivity contribution in [2.75, 3.05) is 19.6 Å². The fourth-order valence-electron chi connectivity index (χ4n) is 2.86. The molecule has 3 heteroatoms. The summed E-state index contributed by atoms with van der Waals surface area (Å²) >= 11 is 0. The Morgan fingerprint density at radius 1 is 1.27 bits per heavy atom. The van der Waals surface area contributed by atoms with Crippen LogP contribution in [0, 0.1) is 19.8 Å². The van der Waals surface area contributed by atoms with Gasteiger partial charge in [0.05, 0.1) is 17.1 Å². The number of aromatic nitrogens is 2. The SMILES string of the molecule is Cc1ncc([C@@H]2CN3CCC2C3)nc1C. The third kappa shape index (κ3) is 1.46. The van der Waals surface area contributed by atoms with Crippen LogP contribution in [-0.2, 0) is 0 Å². The highest BCUT2D eigenvalue weighted by molar-refractivity contribution is 5.17. The van der Waals surface area contributed by atoms with Crippen molar-refractivity contribution in [1.82, 2.24) is 14.9 Å². The predicted molar refractivity (Wildman–Crippen MR) is 58.8 cm³/mol. The monoisotopic (exact) mass is 203 g/mol. The lowest BCUT2D eigenvalue weighted by molar-refractivity contribution is 0.343. The molecular formula is C12H17N3. The summed E-state index contributed by atoms with van der Waals surface area (Å²) in [7, 11) is 0. The molecule has 0 aliphatic carbocycles. The second-order valence-electron chi connectivity index (χ2n) is 4.88. The van der Waals surface area contributed by atoms with Crippen LogP contribution < -0.4 is 0 Å². The van der Waals surface area contributed by atoms with E-state index in [2.05, 4.69) is 21.8 Å². The molecule has 2 aliphatic rings. The van der Waals surface area contributed by atoms with Crippen molar-refractivity contribution < 1.29 is 0 Å². The van der Waals surface area contributed by atoms with Crippen LogP contribution in [0.5, 0.6) is 0 Å². The molecule has 0 amide bonds. The minimum atomic E-state index is 0.644. The van der Waals surface area contributed by atoms with Crippen LogP contribution in [0.25, 0.3) is 0 Å². The zero-order chi connectivity index (χ0) is 10.4. The molecule has 3 rings (SSSR count). The van der Waals surface area contributed by atoms with E-state index in [0.717, 1.165) is 17.3 Å². The van der Waals surface area contributed by atoms with Gasteiger partial charge in [0, 0.05) is 25.2 Å². The Morgan fingerprint density at radius 2 is 2.13 bits per heavy atom. The highest BCUT2D eigenvalue weighted by Crippen LogP contribution is 2.38. The number of piperidine rings is 1. The van der Waals surface area contributed by atoms with E-state index >= 15 is 0 Å². The van der Waals surface area contributed by atoms with E-state index in [1.165, 1.54) is 31.7 Å². The first kappa shape index (κ1) is 9.28.